The Kier molecular flexibility index (Phi) is 2.20. The molecule has 1 aliphatic heterocycles. The monoisotopic (exact) mass is 229 g/mol. The van der Waals surface area contributed by atoms with E-state index < -0.39 is 22.1 Å². The molecule has 1 heterocycles. The molecule has 15 heavy (non-hydrogen) atoms. The Hall–Kier alpha value is -1.47. The maximum Gasteiger partial charge on any atom is 0.322 e. The van der Waals surface area contributed by atoms with Crippen LogP contribution in [0.25, 0.3) is 0 Å². The zero-order valence-corrected chi connectivity index (χ0v) is 8.33. The Labute approximate surface area is 86.0 Å². The van der Waals surface area contributed by atoms with Crippen LogP contribution in [0.5, 0.6) is 0 Å². The van der Waals surface area contributed by atoms with Crippen LogP contribution in [0.4, 0.5) is 4.39 Å². The van der Waals surface area contributed by atoms with Crippen molar-refractivity contribution in [2.24, 2.45) is 10.1 Å². The highest BCUT2D eigenvalue weighted by molar-refractivity contribution is 7.88. The third kappa shape index (κ3) is 1.97. The van der Waals surface area contributed by atoms with Crippen molar-refractivity contribution in [2.75, 3.05) is 0 Å². The second-order valence-corrected chi connectivity index (χ2v) is 4.46. The van der Waals surface area contributed by atoms with Crippen LogP contribution >= 0.6 is 0 Å². The quantitative estimate of drug-likeness (QED) is 0.714. The summed E-state index contributed by atoms with van der Waals surface area (Å²) in [5.74, 6) is -0.434. The molecule has 1 aromatic carbocycles. The average molecular weight is 229 g/mol. The van der Waals surface area contributed by atoms with E-state index in [4.69, 9.17) is 5.73 Å². The van der Waals surface area contributed by atoms with Crippen LogP contribution in [0.1, 0.15) is 11.6 Å². The molecule has 0 amide bonds. The van der Waals surface area contributed by atoms with Gasteiger partial charge in [-0.15, -0.1) is 4.40 Å². The fourth-order valence-electron chi connectivity index (χ4n) is 1.32. The Bertz CT molecular complexity index is 509. The first-order valence-electron chi connectivity index (χ1n) is 4.11. The first-order valence-corrected chi connectivity index (χ1v) is 5.55. The van der Waals surface area contributed by atoms with Gasteiger partial charge in [0.15, 0.2) is 0 Å². The molecule has 0 unspecified atom stereocenters. The van der Waals surface area contributed by atoms with E-state index in [-0.39, 0.29) is 5.84 Å². The van der Waals surface area contributed by atoms with E-state index in [9.17, 15) is 12.8 Å². The van der Waals surface area contributed by atoms with Gasteiger partial charge in [0.1, 0.15) is 17.7 Å². The Morgan fingerprint density at radius 2 is 1.93 bits per heavy atom. The smallest absolute Gasteiger partial charge is 0.322 e. The zero-order chi connectivity index (χ0) is 11.1. The Morgan fingerprint density at radius 3 is 2.40 bits per heavy atom. The van der Waals surface area contributed by atoms with Crippen LogP contribution < -0.4 is 10.5 Å². The maximum atomic E-state index is 12.6. The predicted octanol–water partition coefficient (Wildman–Crippen LogP) is 0.0720. The molecule has 1 atom stereocenters. The van der Waals surface area contributed by atoms with Crippen molar-refractivity contribution in [1.29, 1.82) is 0 Å². The van der Waals surface area contributed by atoms with Crippen LogP contribution in [-0.4, -0.2) is 14.3 Å². The molecule has 0 fully saturated rings. The molecule has 0 spiro atoms. The third-order valence-corrected chi connectivity index (χ3v) is 2.98. The van der Waals surface area contributed by atoms with E-state index in [0.717, 1.165) is 0 Å². The number of amidine groups is 1. The fourth-order valence-corrected chi connectivity index (χ4v) is 2.31. The number of nitrogens with two attached hydrogens (primary N) is 1. The van der Waals surface area contributed by atoms with E-state index in [0.29, 0.717) is 5.56 Å². The van der Waals surface area contributed by atoms with E-state index in [1.807, 2.05) is 0 Å². The van der Waals surface area contributed by atoms with Gasteiger partial charge in [0.05, 0.1) is 0 Å². The summed E-state index contributed by atoms with van der Waals surface area (Å²) in [5, 5.41) is 0. The molecule has 0 saturated carbocycles. The van der Waals surface area contributed by atoms with E-state index >= 15 is 0 Å². The molecule has 0 aromatic heterocycles. The van der Waals surface area contributed by atoms with Gasteiger partial charge in [0, 0.05) is 0 Å². The number of halogens is 1. The lowest BCUT2D eigenvalue weighted by atomic mass is 10.1. The first kappa shape index (κ1) is 10.1. The van der Waals surface area contributed by atoms with Crippen LogP contribution in [0.3, 0.4) is 0 Å². The van der Waals surface area contributed by atoms with Crippen LogP contribution in [0, 0.1) is 5.82 Å². The van der Waals surface area contributed by atoms with E-state index in [2.05, 4.69) is 9.12 Å². The first-order chi connectivity index (χ1) is 6.98. The van der Waals surface area contributed by atoms with Crippen molar-refractivity contribution in [3.05, 3.63) is 35.6 Å². The fraction of sp³-hybridized carbons (Fsp3) is 0.125. The standard InChI is InChI=1S/C8H8FN3O2S/c9-6-3-1-5(2-4-6)7-8(10)12-15(13,14)11-7/h1-4,7,11H,(H2,10,12)/t7-/m0/s1. The summed E-state index contributed by atoms with van der Waals surface area (Å²) in [5.41, 5.74) is 5.99. The van der Waals surface area contributed by atoms with Gasteiger partial charge in [-0.25, -0.2) is 4.39 Å². The lowest BCUT2D eigenvalue weighted by Crippen LogP contribution is -2.28. The summed E-state index contributed by atoms with van der Waals surface area (Å²) in [4.78, 5) is 0. The topological polar surface area (TPSA) is 84.5 Å². The number of nitrogens with zero attached hydrogens (tertiary/aromatic N) is 1. The zero-order valence-electron chi connectivity index (χ0n) is 7.51. The largest absolute Gasteiger partial charge is 0.385 e. The van der Waals surface area contributed by atoms with Crippen molar-refractivity contribution in [3.63, 3.8) is 0 Å². The number of hydrogen-bond acceptors (Lipinski definition) is 3. The molecule has 7 heteroatoms. The van der Waals surface area contributed by atoms with Gasteiger partial charge in [-0.2, -0.15) is 13.1 Å². The summed E-state index contributed by atoms with van der Waals surface area (Å²) in [6.45, 7) is 0. The summed E-state index contributed by atoms with van der Waals surface area (Å²) < 4.78 is 40.2. The Balaban J connectivity index is 2.35. The number of hydrogen-bond donors (Lipinski definition) is 2. The molecule has 80 valence electrons. The minimum absolute atomic E-state index is 0.0402. The number of nitrogens with one attached hydrogen (secondary N) is 1. The molecule has 0 aliphatic carbocycles. The van der Waals surface area contributed by atoms with Crippen LogP contribution in [0.2, 0.25) is 0 Å². The molecule has 0 radical (unpaired) electrons. The highest BCUT2D eigenvalue weighted by Crippen LogP contribution is 2.19. The van der Waals surface area contributed by atoms with Crippen molar-refractivity contribution in [3.8, 4) is 0 Å². The minimum Gasteiger partial charge on any atom is -0.385 e. The lowest BCUT2D eigenvalue weighted by Gasteiger charge is -2.08. The second-order valence-electron chi connectivity index (χ2n) is 3.09. The molecular weight excluding hydrogens is 221 g/mol. The minimum atomic E-state index is -3.68. The normalized spacial score (nSPS) is 23.8. The van der Waals surface area contributed by atoms with Gasteiger partial charge in [-0.1, -0.05) is 12.1 Å². The van der Waals surface area contributed by atoms with Crippen LogP contribution in [-0.2, 0) is 10.2 Å². The van der Waals surface area contributed by atoms with Gasteiger partial charge < -0.3 is 5.73 Å². The molecule has 1 aliphatic rings. The highest BCUT2D eigenvalue weighted by Gasteiger charge is 2.29. The summed E-state index contributed by atoms with van der Waals surface area (Å²) >= 11 is 0. The van der Waals surface area contributed by atoms with Gasteiger partial charge in [-0.05, 0) is 17.7 Å². The average Bonchev–Trinajstić information content (AvgIpc) is 2.41. The van der Waals surface area contributed by atoms with Gasteiger partial charge in [0.2, 0.25) is 0 Å². The molecular formula is C8H8FN3O2S. The number of rotatable bonds is 1. The summed E-state index contributed by atoms with van der Waals surface area (Å²) in [6, 6.07) is 4.67. The van der Waals surface area contributed by atoms with E-state index in [1.54, 1.807) is 0 Å². The van der Waals surface area contributed by atoms with Crippen molar-refractivity contribution < 1.29 is 12.8 Å². The molecule has 0 saturated heterocycles. The molecule has 1 aromatic rings. The maximum absolute atomic E-state index is 12.6. The highest BCUT2D eigenvalue weighted by atomic mass is 32.2. The predicted molar refractivity (Wildman–Crippen MR) is 52.8 cm³/mol. The molecule has 2 rings (SSSR count). The van der Waals surface area contributed by atoms with E-state index in [1.165, 1.54) is 24.3 Å². The summed E-state index contributed by atoms with van der Waals surface area (Å²) in [7, 11) is -3.68. The lowest BCUT2D eigenvalue weighted by molar-refractivity contribution is 0.585. The van der Waals surface area contributed by atoms with Crippen molar-refractivity contribution in [1.82, 2.24) is 4.72 Å². The van der Waals surface area contributed by atoms with Gasteiger partial charge >= 0.3 is 10.2 Å². The van der Waals surface area contributed by atoms with Crippen LogP contribution in [0.15, 0.2) is 28.7 Å². The van der Waals surface area contributed by atoms with Crippen molar-refractivity contribution >= 4 is 16.0 Å². The number of benzene rings is 1. The van der Waals surface area contributed by atoms with Gasteiger partial charge in [-0.3, -0.25) is 0 Å². The Morgan fingerprint density at radius 1 is 1.33 bits per heavy atom. The SMILES string of the molecule is NC1=NS(=O)(=O)N[C@H]1c1ccc(F)cc1. The molecule has 3 N–H and O–H groups in total. The second kappa shape index (κ2) is 3.28. The van der Waals surface area contributed by atoms with Crippen molar-refractivity contribution in [2.45, 2.75) is 6.04 Å². The molecule has 0 bridgehead atoms. The summed E-state index contributed by atoms with van der Waals surface area (Å²) in [6.07, 6.45) is 0. The van der Waals surface area contributed by atoms with Gasteiger partial charge in [0.25, 0.3) is 0 Å². The molecule has 5 nitrogen and oxygen atoms in total. The third-order valence-electron chi connectivity index (χ3n) is 1.99.